The van der Waals surface area contributed by atoms with Gasteiger partial charge in [-0.3, -0.25) is 4.79 Å². The fourth-order valence-electron chi connectivity index (χ4n) is 1.17. The molecular formula is C11H16N2O. The summed E-state index contributed by atoms with van der Waals surface area (Å²) in [6.07, 6.45) is 1.66. The average molecular weight is 192 g/mol. The highest BCUT2D eigenvalue weighted by Gasteiger charge is 2.25. The molecule has 1 aromatic rings. The monoisotopic (exact) mass is 192 g/mol. The zero-order valence-electron chi connectivity index (χ0n) is 9.09. The molecule has 1 aromatic heterocycles. The van der Waals surface area contributed by atoms with E-state index in [0.29, 0.717) is 11.4 Å². The minimum atomic E-state index is -0.413. The number of Topliss-reactive ketones (excluding diaryl/α,β-unsaturated/α-hetero) is 1. The largest absolute Gasteiger partial charge is 0.383 e. The number of ketones is 1. The van der Waals surface area contributed by atoms with E-state index < -0.39 is 5.41 Å². The first kappa shape index (κ1) is 10.7. The van der Waals surface area contributed by atoms with E-state index in [0.717, 1.165) is 5.56 Å². The van der Waals surface area contributed by atoms with Crippen LogP contribution in [0.4, 0.5) is 5.82 Å². The number of carbonyl (C=O) groups is 1. The molecule has 76 valence electrons. The van der Waals surface area contributed by atoms with Gasteiger partial charge in [0.15, 0.2) is 5.78 Å². The van der Waals surface area contributed by atoms with Gasteiger partial charge in [0.1, 0.15) is 5.82 Å². The Bertz CT molecular complexity index is 364. The first-order chi connectivity index (χ1) is 6.32. The van der Waals surface area contributed by atoms with Crippen molar-refractivity contribution in [3.05, 3.63) is 23.4 Å². The van der Waals surface area contributed by atoms with Gasteiger partial charge in [-0.1, -0.05) is 20.8 Å². The number of hydrogen-bond acceptors (Lipinski definition) is 3. The zero-order chi connectivity index (χ0) is 10.9. The molecule has 3 heteroatoms. The van der Waals surface area contributed by atoms with Crippen LogP contribution in [0.1, 0.15) is 36.7 Å². The Balaban J connectivity index is 3.19. The summed E-state index contributed by atoms with van der Waals surface area (Å²) in [6.45, 7) is 7.51. The molecule has 0 saturated heterocycles. The summed E-state index contributed by atoms with van der Waals surface area (Å²) in [7, 11) is 0. The van der Waals surface area contributed by atoms with Gasteiger partial charge in [-0.05, 0) is 18.6 Å². The van der Waals surface area contributed by atoms with Gasteiger partial charge in [-0.2, -0.15) is 0 Å². The Labute approximate surface area is 84.3 Å². The van der Waals surface area contributed by atoms with Gasteiger partial charge >= 0.3 is 0 Å². The molecule has 0 spiro atoms. The summed E-state index contributed by atoms with van der Waals surface area (Å²) in [6, 6.07) is 1.79. The van der Waals surface area contributed by atoms with Crippen molar-refractivity contribution in [3.63, 3.8) is 0 Å². The molecule has 0 aliphatic carbocycles. The first-order valence-electron chi connectivity index (χ1n) is 4.59. The predicted octanol–water partition coefficient (Wildman–Crippen LogP) is 2.20. The minimum Gasteiger partial charge on any atom is -0.383 e. The highest BCUT2D eigenvalue weighted by molar-refractivity contribution is 6.03. The Morgan fingerprint density at radius 1 is 1.43 bits per heavy atom. The molecule has 0 aliphatic heterocycles. The van der Waals surface area contributed by atoms with Gasteiger partial charge in [-0.25, -0.2) is 4.98 Å². The molecule has 1 rings (SSSR count). The van der Waals surface area contributed by atoms with Crippen LogP contribution in [0.3, 0.4) is 0 Å². The van der Waals surface area contributed by atoms with Crippen molar-refractivity contribution >= 4 is 11.6 Å². The standard InChI is InChI=1S/C11H16N2O/c1-7-5-8(10(12)13-6-7)9(14)11(2,3)4/h5-6H,1-4H3,(H2,12,13). The van der Waals surface area contributed by atoms with Crippen LogP contribution >= 0.6 is 0 Å². The molecular weight excluding hydrogens is 176 g/mol. The maximum absolute atomic E-state index is 11.9. The molecule has 2 N–H and O–H groups in total. The summed E-state index contributed by atoms with van der Waals surface area (Å²) >= 11 is 0. The lowest BCUT2D eigenvalue weighted by Gasteiger charge is -2.17. The third-order valence-electron chi connectivity index (χ3n) is 1.98. The molecule has 0 fully saturated rings. The highest BCUT2D eigenvalue weighted by atomic mass is 16.1. The van der Waals surface area contributed by atoms with Crippen molar-refractivity contribution < 1.29 is 4.79 Å². The second-order valence-electron chi connectivity index (χ2n) is 4.52. The fourth-order valence-corrected chi connectivity index (χ4v) is 1.17. The summed E-state index contributed by atoms with van der Waals surface area (Å²) in [5, 5.41) is 0. The van der Waals surface area contributed by atoms with Crippen molar-refractivity contribution in [1.82, 2.24) is 4.98 Å². The second kappa shape index (κ2) is 3.40. The third-order valence-corrected chi connectivity index (χ3v) is 1.98. The topological polar surface area (TPSA) is 56.0 Å². The number of nitrogen functional groups attached to an aromatic ring is 1. The molecule has 0 atom stereocenters. The Morgan fingerprint density at radius 2 is 2.00 bits per heavy atom. The van der Waals surface area contributed by atoms with Crippen molar-refractivity contribution in [2.24, 2.45) is 5.41 Å². The van der Waals surface area contributed by atoms with Crippen LogP contribution in [0.2, 0.25) is 0 Å². The van der Waals surface area contributed by atoms with E-state index in [2.05, 4.69) is 4.98 Å². The Hall–Kier alpha value is -1.38. The molecule has 0 amide bonds. The SMILES string of the molecule is Cc1cnc(N)c(C(=O)C(C)(C)C)c1. The number of rotatable bonds is 1. The molecule has 0 unspecified atom stereocenters. The van der Waals surface area contributed by atoms with Crippen LogP contribution in [-0.4, -0.2) is 10.8 Å². The van der Waals surface area contributed by atoms with Gasteiger partial charge in [0, 0.05) is 11.6 Å². The number of hydrogen-bond donors (Lipinski definition) is 1. The highest BCUT2D eigenvalue weighted by Crippen LogP contribution is 2.23. The summed E-state index contributed by atoms with van der Waals surface area (Å²) in [5.74, 6) is 0.349. The van der Waals surface area contributed by atoms with Gasteiger partial charge in [-0.15, -0.1) is 0 Å². The van der Waals surface area contributed by atoms with Crippen LogP contribution in [0.15, 0.2) is 12.3 Å². The number of pyridine rings is 1. The fraction of sp³-hybridized carbons (Fsp3) is 0.455. The quantitative estimate of drug-likeness (QED) is 0.694. The van der Waals surface area contributed by atoms with E-state index in [1.807, 2.05) is 27.7 Å². The van der Waals surface area contributed by atoms with Gasteiger partial charge in [0.05, 0.1) is 5.56 Å². The summed E-state index contributed by atoms with van der Waals surface area (Å²) < 4.78 is 0. The summed E-state index contributed by atoms with van der Waals surface area (Å²) in [5.41, 5.74) is 6.72. The Kier molecular flexibility index (Phi) is 2.60. The van der Waals surface area contributed by atoms with E-state index in [9.17, 15) is 4.79 Å². The lowest BCUT2D eigenvalue weighted by Crippen LogP contribution is -2.22. The van der Waals surface area contributed by atoms with Crippen LogP contribution in [0.25, 0.3) is 0 Å². The molecule has 0 aromatic carbocycles. The van der Waals surface area contributed by atoms with Crippen molar-refractivity contribution in [1.29, 1.82) is 0 Å². The molecule has 14 heavy (non-hydrogen) atoms. The van der Waals surface area contributed by atoms with Gasteiger partial charge < -0.3 is 5.73 Å². The van der Waals surface area contributed by atoms with Crippen molar-refractivity contribution in [2.75, 3.05) is 5.73 Å². The number of nitrogens with zero attached hydrogens (tertiary/aromatic N) is 1. The molecule has 0 bridgehead atoms. The number of aromatic nitrogens is 1. The first-order valence-corrected chi connectivity index (χ1v) is 4.59. The van der Waals surface area contributed by atoms with Crippen LogP contribution in [-0.2, 0) is 0 Å². The number of aryl methyl sites for hydroxylation is 1. The van der Waals surface area contributed by atoms with E-state index in [-0.39, 0.29) is 5.78 Å². The predicted molar refractivity (Wildman–Crippen MR) is 57.2 cm³/mol. The average Bonchev–Trinajstić information content (AvgIpc) is 2.06. The van der Waals surface area contributed by atoms with Crippen LogP contribution < -0.4 is 5.73 Å². The maximum atomic E-state index is 11.9. The zero-order valence-corrected chi connectivity index (χ0v) is 9.09. The Morgan fingerprint density at radius 3 is 2.50 bits per heavy atom. The van der Waals surface area contributed by atoms with Crippen molar-refractivity contribution in [3.8, 4) is 0 Å². The maximum Gasteiger partial charge on any atom is 0.171 e. The van der Waals surface area contributed by atoms with Crippen LogP contribution in [0, 0.1) is 12.3 Å². The van der Waals surface area contributed by atoms with E-state index in [1.54, 1.807) is 12.3 Å². The molecule has 0 radical (unpaired) electrons. The minimum absolute atomic E-state index is 0.0335. The molecule has 3 nitrogen and oxygen atoms in total. The van der Waals surface area contributed by atoms with Crippen LogP contribution in [0.5, 0.6) is 0 Å². The van der Waals surface area contributed by atoms with Gasteiger partial charge in [0.2, 0.25) is 0 Å². The third kappa shape index (κ3) is 2.10. The molecule has 1 heterocycles. The second-order valence-corrected chi connectivity index (χ2v) is 4.52. The van der Waals surface area contributed by atoms with Crippen molar-refractivity contribution in [2.45, 2.75) is 27.7 Å². The number of nitrogens with two attached hydrogens (primary N) is 1. The van der Waals surface area contributed by atoms with E-state index in [1.165, 1.54) is 0 Å². The van der Waals surface area contributed by atoms with E-state index in [4.69, 9.17) is 5.73 Å². The smallest absolute Gasteiger partial charge is 0.171 e. The summed E-state index contributed by atoms with van der Waals surface area (Å²) in [4.78, 5) is 15.9. The lowest BCUT2D eigenvalue weighted by atomic mass is 9.86. The molecule has 0 saturated carbocycles. The van der Waals surface area contributed by atoms with E-state index >= 15 is 0 Å². The number of carbonyl (C=O) groups excluding carboxylic acids is 1. The lowest BCUT2D eigenvalue weighted by molar-refractivity contribution is 0.0859. The van der Waals surface area contributed by atoms with Gasteiger partial charge in [0.25, 0.3) is 0 Å². The normalized spacial score (nSPS) is 11.4. The number of anilines is 1. The molecule has 0 aliphatic rings.